The molecule has 0 aliphatic carbocycles. The maximum atomic E-state index is 12.3. The van der Waals surface area contributed by atoms with E-state index in [9.17, 15) is 4.79 Å². The summed E-state index contributed by atoms with van der Waals surface area (Å²) in [5, 5.41) is 2.85. The smallest absolute Gasteiger partial charge is 0.251 e. The van der Waals surface area contributed by atoms with E-state index in [2.05, 4.69) is 20.2 Å². The van der Waals surface area contributed by atoms with Crippen molar-refractivity contribution in [3.63, 3.8) is 0 Å². The molecular weight excluding hydrogens is 308 g/mol. The first-order chi connectivity index (χ1) is 11.8. The molecular formula is C17H18N4O3. The number of rotatable bonds is 4. The number of nitrogens with one attached hydrogen (secondary N) is 1. The summed E-state index contributed by atoms with van der Waals surface area (Å²) in [5.74, 6) is 2.59. The summed E-state index contributed by atoms with van der Waals surface area (Å²) in [6.07, 6.45) is 4.13. The first-order valence-electron chi connectivity index (χ1n) is 8.04. The number of benzene rings is 1. The third-order valence-corrected chi connectivity index (χ3v) is 4.16. The summed E-state index contributed by atoms with van der Waals surface area (Å²) in [6, 6.07) is 7.04. The lowest BCUT2D eigenvalue weighted by atomic mass is 10.2. The molecule has 0 unspecified atom stereocenters. The number of carbonyl (C=O) groups excluding carboxylic acids is 1. The van der Waals surface area contributed by atoms with Gasteiger partial charge in [-0.25, -0.2) is 9.97 Å². The van der Waals surface area contributed by atoms with E-state index in [0.717, 1.165) is 18.9 Å². The molecule has 0 atom stereocenters. The maximum absolute atomic E-state index is 12.3. The molecule has 4 rings (SSSR count). The highest BCUT2D eigenvalue weighted by Crippen LogP contribution is 2.32. The predicted octanol–water partition coefficient (Wildman–Crippen LogP) is 1.74. The molecule has 1 N–H and O–H groups in total. The van der Waals surface area contributed by atoms with Crippen LogP contribution >= 0.6 is 0 Å². The molecule has 1 aromatic carbocycles. The van der Waals surface area contributed by atoms with E-state index in [1.165, 1.54) is 12.8 Å². The number of aromatic nitrogens is 2. The van der Waals surface area contributed by atoms with Crippen LogP contribution in [0.2, 0.25) is 0 Å². The van der Waals surface area contributed by atoms with Crippen LogP contribution in [0, 0.1) is 0 Å². The molecule has 1 fully saturated rings. The first-order valence-corrected chi connectivity index (χ1v) is 8.04. The normalized spacial score (nSPS) is 15.6. The average molecular weight is 326 g/mol. The highest BCUT2D eigenvalue weighted by atomic mass is 16.7. The minimum Gasteiger partial charge on any atom is -0.454 e. The Labute approximate surface area is 139 Å². The lowest BCUT2D eigenvalue weighted by Gasteiger charge is -2.16. The zero-order valence-electron chi connectivity index (χ0n) is 13.2. The van der Waals surface area contributed by atoms with Gasteiger partial charge in [-0.05, 0) is 37.1 Å². The Hall–Kier alpha value is -2.83. The topological polar surface area (TPSA) is 76.6 Å². The van der Waals surface area contributed by atoms with E-state index in [1.807, 2.05) is 6.07 Å². The van der Waals surface area contributed by atoms with E-state index in [0.29, 0.717) is 22.9 Å². The average Bonchev–Trinajstić information content (AvgIpc) is 3.30. The van der Waals surface area contributed by atoms with Crippen molar-refractivity contribution in [2.45, 2.75) is 19.4 Å². The highest BCUT2D eigenvalue weighted by molar-refractivity contribution is 5.94. The van der Waals surface area contributed by atoms with Crippen molar-refractivity contribution >= 4 is 11.7 Å². The van der Waals surface area contributed by atoms with E-state index in [-0.39, 0.29) is 19.2 Å². The lowest BCUT2D eigenvalue weighted by Crippen LogP contribution is -2.25. The molecule has 2 aromatic rings. The summed E-state index contributed by atoms with van der Waals surface area (Å²) in [6.45, 7) is 2.53. The van der Waals surface area contributed by atoms with Crippen molar-refractivity contribution < 1.29 is 14.3 Å². The summed E-state index contributed by atoms with van der Waals surface area (Å²) >= 11 is 0. The van der Waals surface area contributed by atoms with Crippen LogP contribution in [0.5, 0.6) is 11.5 Å². The van der Waals surface area contributed by atoms with Gasteiger partial charge in [0.2, 0.25) is 6.79 Å². The molecule has 124 valence electrons. The van der Waals surface area contributed by atoms with Crippen molar-refractivity contribution in [1.82, 2.24) is 15.3 Å². The van der Waals surface area contributed by atoms with E-state index >= 15 is 0 Å². The van der Waals surface area contributed by atoms with Crippen LogP contribution in [0.15, 0.2) is 30.5 Å². The summed E-state index contributed by atoms with van der Waals surface area (Å²) in [7, 11) is 0. The maximum Gasteiger partial charge on any atom is 0.251 e. The third kappa shape index (κ3) is 2.97. The van der Waals surface area contributed by atoms with Gasteiger partial charge in [0.25, 0.3) is 5.91 Å². The number of carbonyl (C=O) groups is 1. The molecule has 1 aromatic heterocycles. The van der Waals surface area contributed by atoms with Gasteiger partial charge in [0.1, 0.15) is 11.6 Å². The predicted molar refractivity (Wildman–Crippen MR) is 87.2 cm³/mol. The monoisotopic (exact) mass is 326 g/mol. The minimum absolute atomic E-state index is 0.191. The van der Waals surface area contributed by atoms with Crippen LogP contribution in [0.3, 0.4) is 0 Å². The van der Waals surface area contributed by atoms with E-state index < -0.39 is 0 Å². The van der Waals surface area contributed by atoms with Crippen molar-refractivity contribution in [3.8, 4) is 11.5 Å². The van der Waals surface area contributed by atoms with Gasteiger partial charge in [-0.3, -0.25) is 4.79 Å². The fraction of sp³-hybridized carbons (Fsp3) is 0.353. The van der Waals surface area contributed by atoms with Gasteiger partial charge in [-0.15, -0.1) is 0 Å². The Morgan fingerprint density at radius 3 is 2.88 bits per heavy atom. The fourth-order valence-corrected chi connectivity index (χ4v) is 2.90. The second-order valence-corrected chi connectivity index (χ2v) is 5.78. The first kappa shape index (κ1) is 14.7. The fourth-order valence-electron chi connectivity index (χ4n) is 2.90. The van der Waals surface area contributed by atoms with Gasteiger partial charge in [0, 0.05) is 24.8 Å². The number of fused-ring (bicyclic) bond motifs is 1. The van der Waals surface area contributed by atoms with Crippen LogP contribution in [-0.2, 0) is 6.54 Å². The summed E-state index contributed by atoms with van der Waals surface area (Å²) in [4.78, 5) is 23.3. The van der Waals surface area contributed by atoms with Gasteiger partial charge in [0.15, 0.2) is 11.5 Å². The molecule has 0 radical (unpaired) electrons. The molecule has 0 bridgehead atoms. The van der Waals surface area contributed by atoms with Gasteiger partial charge in [-0.1, -0.05) is 0 Å². The summed E-state index contributed by atoms with van der Waals surface area (Å²) in [5.41, 5.74) is 0.523. The van der Waals surface area contributed by atoms with Crippen LogP contribution in [0.25, 0.3) is 0 Å². The van der Waals surface area contributed by atoms with Crippen molar-refractivity contribution in [3.05, 3.63) is 41.9 Å². The van der Waals surface area contributed by atoms with Gasteiger partial charge in [-0.2, -0.15) is 0 Å². The van der Waals surface area contributed by atoms with Gasteiger partial charge >= 0.3 is 0 Å². The number of hydrogen-bond acceptors (Lipinski definition) is 6. The van der Waals surface area contributed by atoms with Crippen molar-refractivity contribution in [2.75, 3.05) is 24.8 Å². The highest BCUT2D eigenvalue weighted by Gasteiger charge is 2.17. The Bertz CT molecular complexity index is 759. The second kappa shape index (κ2) is 6.35. The molecule has 2 aliphatic heterocycles. The van der Waals surface area contributed by atoms with Crippen molar-refractivity contribution in [2.24, 2.45) is 0 Å². The molecule has 0 saturated carbocycles. The molecule has 2 aliphatic rings. The third-order valence-electron chi connectivity index (χ3n) is 4.16. The second-order valence-electron chi connectivity index (χ2n) is 5.78. The van der Waals surface area contributed by atoms with Crippen LogP contribution in [-0.4, -0.2) is 35.8 Å². The molecule has 1 saturated heterocycles. The Kier molecular flexibility index (Phi) is 3.90. The zero-order chi connectivity index (χ0) is 16.4. The molecule has 3 heterocycles. The molecule has 7 heteroatoms. The molecule has 1 amide bonds. The Morgan fingerprint density at radius 1 is 1.17 bits per heavy atom. The number of anilines is 1. The Morgan fingerprint density at radius 2 is 2.00 bits per heavy atom. The van der Waals surface area contributed by atoms with E-state index in [1.54, 1.807) is 24.4 Å². The van der Waals surface area contributed by atoms with Crippen LogP contribution < -0.4 is 19.7 Å². The summed E-state index contributed by atoms with van der Waals surface area (Å²) < 4.78 is 10.5. The largest absolute Gasteiger partial charge is 0.454 e. The van der Waals surface area contributed by atoms with Crippen LogP contribution in [0.4, 0.5) is 5.82 Å². The number of nitrogens with zero attached hydrogens (tertiary/aromatic N) is 3. The quantitative estimate of drug-likeness (QED) is 0.922. The van der Waals surface area contributed by atoms with Crippen molar-refractivity contribution in [1.29, 1.82) is 0 Å². The standard InChI is InChI=1S/C17H18N4O3/c22-17(12-3-4-13-14(9-12)24-11-23-13)19-10-15-18-6-5-16(20-15)21-7-1-2-8-21/h3-6,9H,1-2,7-8,10-11H2,(H,19,22). The molecule has 24 heavy (non-hydrogen) atoms. The lowest BCUT2D eigenvalue weighted by molar-refractivity contribution is 0.0949. The molecule has 7 nitrogen and oxygen atoms in total. The van der Waals surface area contributed by atoms with Gasteiger partial charge in [0.05, 0.1) is 6.54 Å². The minimum atomic E-state index is -0.191. The van der Waals surface area contributed by atoms with Gasteiger partial charge < -0.3 is 19.7 Å². The number of amides is 1. The Balaban J connectivity index is 1.41. The number of ether oxygens (including phenoxy) is 2. The van der Waals surface area contributed by atoms with E-state index in [4.69, 9.17) is 9.47 Å². The van der Waals surface area contributed by atoms with Crippen LogP contribution in [0.1, 0.15) is 29.0 Å². The zero-order valence-corrected chi connectivity index (χ0v) is 13.2. The SMILES string of the molecule is O=C(NCc1nccc(N2CCCC2)n1)c1ccc2c(c1)OCO2. The molecule has 0 spiro atoms. The number of hydrogen-bond donors (Lipinski definition) is 1.